The molecule has 0 fully saturated rings. The number of hydrogen-bond donors (Lipinski definition) is 1. The predicted octanol–water partition coefficient (Wildman–Crippen LogP) is 4.37. The lowest BCUT2D eigenvalue weighted by molar-refractivity contribution is 0.628. The SMILES string of the molecule is N#C/C(=C\c1ccc(F)cc1)c1cc2ccccc2[nH]1. The zero-order chi connectivity index (χ0) is 13.9. The van der Waals surface area contributed by atoms with Crippen molar-refractivity contribution in [2.24, 2.45) is 0 Å². The van der Waals surface area contributed by atoms with E-state index < -0.39 is 0 Å². The highest BCUT2D eigenvalue weighted by molar-refractivity contribution is 5.93. The molecular formula is C17H11FN2. The summed E-state index contributed by atoms with van der Waals surface area (Å²) in [5.74, 6) is -0.286. The highest BCUT2D eigenvalue weighted by Crippen LogP contribution is 2.22. The molecule has 2 nitrogen and oxygen atoms in total. The molecule has 0 atom stereocenters. The second-order valence-corrected chi connectivity index (χ2v) is 4.49. The van der Waals surface area contributed by atoms with Crippen molar-refractivity contribution in [3.05, 3.63) is 71.7 Å². The highest BCUT2D eigenvalue weighted by atomic mass is 19.1. The van der Waals surface area contributed by atoms with Crippen molar-refractivity contribution >= 4 is 22.6 Å². The second-order valence-electron chi connectivity index (χ2n) is 4.49. The van der Waals surface area contributed by atoms with Gasteiger partial charge in [0.05, 0.1) is 11.3 Å². The van der Waals surface area contributed by atoms with Crippen LogP contribution >= 0.6 is 0 Å². The molecule has 3 rings (SSSR count). The normalized spacial score (nSPS) is 11.5. The minimum Gasteiger partial charge on any atom is -0.354 e. The second kappa shape index (κ2) is 5.02. The Morgan fingerprint density at radius 2 is 1.85 bits per heavy atom. The van der Waals surface area contributed by atoms with Crippen LogP contribution in [-0.2, 0) is 0 Å². The maximum absolute atomic E-state index is 12.9. The smallest absolute Gasteiger partial charge is 0.123 e. The van der Waals surface area contributed by atoms with E-state index in [4.69, 9.17) is 0 Å². The minimum atomic E-state index is -0.286. The Morgan fingerprint density at radius 3 is 2.55 bits per heavy atom. The third-order valence-electron chi connectivity index (χ3n) is 3.12. The van der Waals surface area contributed by atoms with Crippen LogP contribution in [0.2, 0.25) is 0 Å². The Bertz CT molecular complexity index is 787. The number of aromatic amines is 1. The Balaban J connectivity index is 2.05. The molecule has 0 saturated carbocycles. The van der Waals surface area contributed by atoms with Gasteiger partial charge in [0.25, 0.3) is 0 Å². The maximum atomic E-state index is 12.9. The van der Waals surface area contributed by atoms with Crippen LogP contribution in [0.4, 0.5) is 4.39 Å². The molecule has 0 spiro atoms. The zero-order valence-electron chi connectivity index (χ0n) is 10.6. The lowest BCUT2D eigenvalue weighted by Gasteiger charge is -1.96. The number of hydrogen-bond acceptors (Lipinski definition) is 1. The summed E-state index contributed by atoms with van der Waals surface area (Å²) in [5.41, 5.74) is 3.06. The summed E-state index contributed by atoms with van der Waals surface area (Å²) in [6.07, 6.45) is 1.74. The summed E-state index contributed by atoms with van der Waals surface area (Å²) in [4.78, 5) is 3.21. The fraction of sp³-hybridized carbons (Fsp3) is 0. The van der Waals surface area contributed by atoms with Gasteiger partial charge in [-0.3, -0.25) is 0 Å². The van der Waals surface area contributed by atoms with Crippen molar-refractivity contribution in [2.45, 2.75) is 0 Å². The first-order valence-electron chi connectivity index (χ1n) is 6.22. The van der Waals surface area contributed by atoms with E-state index >= 15 is 0 Å². The first kappa shape index (κ1) is 12.2. The Labute approximate surface area is 115 Å². The van der Waals surface area contributed by atoms with Gasteiger partial charge in [0.1, 0.15) is 11.9 Å². The molecule has 3 heteroatoms. The number of fused-ring (bicyclic) bond motifs is 1. The van der Waals surface area contributed by atoms with Crippen molar-refractivity contribution in [3.8, 4) is 6.07 Å². The molecule has 96 valence electrons. The largest absolute Gasteiger partial charge is 0.354 e. The van der Waals surface area contributed by atoms with Gasteiger partial charge in [-0.2, -0.15) is 5.26 Å². The van der Waals surface area contributed by atoms with E-state index in [1.54, 1.807) is 18.2 Å². The van der Waals surface area contributed by atoms with Crippen LogP contribution in [0.15, 0.2) is 54.6 Å². The van der Waals surface area contributed by atoms with E-state index in [9.17, 15) is 9.65 Å². The molecule has 1 aromatic heterocycles. The molecule has 0 unspecified atom stereocenters. The molecule has 1 N–H and O–H groups in total. The van der Waals surface area contributed by atoms with Gasteiger partial charge in [-0.25, -0.2) is 4.39 Å². The molecule has 3 aromatic rings. The fourth-order valence-corrected chi connectivity index (χ4v) is 2.11. The minimum absolute atomic E-state index is 0.286. The zero-order valence-corrected chi connectivity index (χ0v) is 10.6. The molecule has 0 radical (unpaired) electrons. The molecule has 1 heterocycles. The first-order chi connectivity index (χ1) is 9.76. The highest BCUT2D eigenvalue weighted by Gasteiger charge is 2.05. The number of allylic oxidation sites excluding steroid dienone is 1. The van der Waals surface area contributed by atoms with Gasteiger partial charge in [0, 0.05) is 10.9 Å². The van der Waals surface area contributed by atoms with E-state index in [-0.39, 0.29) is 5.82 Å². The average molecular weight is 262 g/mol. The van der Waals surface area contributed by atoms with Crippen LogP contribution in [0.1, 0.15) is 11.3 Å². The summed E-state index contributed by atoms with van der Waals surface area (Å²) < 4.78 is 12.9. The van der Waals surface area contributed by atoms with E-state index in [0.717, 1.165) is 22.2 Å². The summed E-state index contributed by atoms with van der Waals surface area (Å²) >= 11 is 0. The van der Waals surface area contributed by atoms with E-state index in [1.807, 2.05) is 30.3 Å². The molecule has 0 amide bonds. The van der Waals surface area contributed by atoms with Crippen molar-refractivity contribution < 1.29 is 4.39 Å². The van der Waals surface area contributed by atoms with Gasteiger partial charge in [0.2, 0.25) is 0 Å². The fourth-order valence-electron chi connectivity index (χ4n) is 2.11. The Morgan fingerprint density at radius 1 is 1.10 bits per heavy atom. The molecule has 20 heavy (non-hydrogen) atoms. The molecule has 0 aliphatic carbocycles. The predicted molar refractivity (Wildman–Crippen MR) is 78.2 cm³/mol. The standard InChI is InChI=1S/C17H11FN2/c18-15-7-5-12(6-8-15)9-14(11-19)17-10-13-3-1-2-4-16(13)20-17/h1-10,20H/b14-9+. The Kier molecular flexibility index (Phi) is 3.06. The van der Waals surface area contributed by atoms with Gasteiger partial charge in [-0.1, -0.05) is 30.3 Å². The Hall–Kier alpha value is -2.86. The van der Waals surface area contributed by atoms with E-state index in [0.29, 0.717) is 5.57 Å². The number of benzene rings is 2. The maximum Gasteiger partial charge on any atom is 0.123 e. The molecule has 0 aliphatic heterocycles. The molecule has 2 aromatic carbocycles. The van der Waals surface area contributed by atoms with Crippen LogP contribution in [0.3, 0.4) is 0 Å². The van der Waals surface area contributed by atoms with Crippen LogP contribution < -0.4 is 0 Å². The van der Waals surface area contributed by atoms with Crippen molar-refractivity contribution in [1.82, 2.24) is 4.98 Å². The number of nitrogens with one attached hydrogen (secondary N) is 1. The quantitative estimate of drug-likeness (QED) is 0.684. The lowest BCUT2D eigenvalue weighted by Crippen LogP contribution is -1.82. The summed E-state index contributed by atoms with van der Waals surface area (Å²) in [7, 11) is 0. The number of halogens is 1. The molecule has 0 bridgehead atoms. The van der Waals surface area contributed by atoms with Crippen molar-refractivity contribution in [2.75, 3.05) is 0 Å². The van der Waals surface area contributed by atoms with Gasteiger partial charge < -0.3 is 4.98 Å². The van der Waals surface area contributed by atoms with E-state index in [1.165, 1.54) is 12.1 Å². The number of rotatable bonds is 2. The first-order valence-corrected chi connectivity index (χ1v) is 6.22. The van der Waals surface area contributed by atoms with Crippen LogP contribution in [0.5, 0.6) is 0 Å². The van der Waals surface area contributed by atoms with Crippen molar-refractivity contribution in [3.63, 3.8) is 0 Å². The van der Waals surface area contributed by atoms with Gasteiger partial charge in [0.15, 0.2) is 0 Å². The third-order valence-corrected chi connectivity index (χ3v) is 3.12. The summed E-state index contributed by atoms with van der Waals surface area (Å²) in [5, 5.41) is 10.4. The van der Waals surface area contributed by atoms with E-state index in [2.05, 4.69) is 11.1 Å². The number of H-pyrrole nitrogens is 1. The molecule has 0 saturated heterocycles. The monoisotopic (exact) mass is 262 g/mol. The third kappa shape index (κ3) is 2.32. The van der Waals surface area contributed by atoms with Crippen molar-refractivity contribution in [1.29, 1.82) is 5.26 Å². The number of para-hydroxylation sites is 1. The lowest BCUT2D eigenvalue weighted by atomic mass is 10.1. The summed E-state index contributed by atoms with van der Waals surface area (Å²) in [6, 6.07) is 18.0. The topological polar surface area (TPSA) is 39.6 Å². The van der Waals surface area contributed by atoms with Crippen LogP contribution in [0, 0.1) is 17.1 Å². The molecular weight excluding hydrogens is 251 g/mol. The van der Waals surface area contributed by atoms with Gasteiger partial charge >= 0.3 is 0 Å². The van der Waals surface area contributed by atoms with Gasteiger partial charge in [-0.05, 0) is 35.9 Å². The number of nitrogens with zero attached hydrogens (tertiary/aromatic N) is 1. The number of nitriles is 1. The average Bonchev–Trinajstić information content (AvgIpc) is 2.90. The van der Waals surface area contributed by atoms with Gasteiger partial charge in [-0.15, -0.1) is 0 Å². The molecule has 0 aliphatic rings. The number of aromatic nitrogens is 1. The van der Waals surface area contributed by atoms with Crippen LogP contribution in [0.25, 0.3) is 22.6 Å². The van der Waals surface area contributed by atoms with Crippen LogP contribution in [-0.4, -0.2) is 4.98 Å². The summed E-state index contributed by atoms with van der Waals surface area (Å²) in [6.45, 7) is 0.